The summed E-state index contributed by atoms with van der Waals surface area (Å²) >= 11 is 0. The normalized spacial score (nSPS) is 16.1. The third-order valence-corrected chi connectivity index (χ3v) is 3.43. The molecule has 0 aromatic heterocycles. The molecule has 1 aliphatic rings. The van der Waals surface area contributed by atoms with Crippen molar-refractivity contribution in [2.75, 3.05) is 18.4 Å². The molecular formula is C15H20N2O3. The molecule has 1 heterocycles. The van der Waals surface area contributed by atoms with Crippen LogP contribution in [0.4, 0.5) is 5.69 Å². The molecule has 1 aromatic rings. The number of anilines is 1. The number of carbonyl (C=O) groups is 2. The molecule has 1 aliphatic heterocycles. The summed E-state index contributed by atoms with van der Waals surface area (Å²) in [7, 11) is 0. The van der Waals surface area contributed by atoms with Crippen molar-refractivity contribution in [3.05, 3.63) is 29.3 Å². The highest BCUT2D eigenvalue weighted by Crippen LogP contribution is 2.15. The van der Waals surface area contributed by atoms with Gasteiger partial charge in [-0.15, -0.1) is 0 Å². The van der Waals surface area contributed by atoms with Crippen LogP contribution in [0.1, 0.15) is 24.0 Å². The Morgan fingerprint density at radius 3 is 2.25 bits per heavy atom. The minimum Gasteiger partial charge on any atom is -0.393 e. The average molecular weight is 276 g/mol. The van der Waals surface area contributed by atoms with Crippen LogP contribution in [0, 0.1) is 13.8 Å². The molecular weight excluding hydrogens is 256 g/mol. The van der Waals surface area contributed by atoms with Crippen LogP contribution in [0.3, 0.4) is 0 Å². The van der Waals surface area contributed by atoms with E-state index in [0.29, 0.717) is 31.6 Å². The second-order valence-electron chi connectivity index (χ2n) is 5.35. The maximum Gasteiger partial charge on any atom is 0.313 e. The van der Waals surface area contributed by atoms with E-state index in [1.54, 1.807) is 0 Å². The SMILES string of the molecule is Cc1cc(C)cc(NC(=O)C(=O)N2CCC(O)CC2)c1. The summed E-state index contributed by atoms with van der Waals surface area (Å²) in [5, 5.41) is 12.0. The zero-order valence-electron chi connectivity index (χ0n) is 11.8. The van der Waals surface area contributed by atoms with Gasteiger partial charge in [-0.25, -0.2) is 0 Å². The van der Waals surface area contributed by atoms with Crippen molar-refractivity contribution < 1.29 is 14.7 Å². The molecule has 0 saturated carbocycles. The summed E-state index contributed by atoms with van der Waals surface area (Å²) in [6.45, 7) is 4.74. The lowest BCUT2D eigenvalue weighted by Crippen LogP contribution is -2.45. The monoisotopic (exact) mass is 276 g/mol. The van der Waals surface area contributed by atoms with Crippen LogP contribution >= 0.6 is 0 Å². The van der Waals surface area contributed by atoms with Crippen molar-refractivity contribution in [1.82, 2.24) is 4.90 Å². The van der Waals surface area contributed by atoms with E-state index in [0.717, 1.165) is 11.1 Å². The number of rotatable bonds is 1. The summed E-state index contributed by atoms with van der Waals surface area (Å²) in [5.74, 6) is -1.15. The van der Waals surface area contributed by atoms with Crippen LogP contribution in [0.25, 0.3) is 0 Å². The van der Waals surface area contributed by atoms with E-state index < -0.39 is 11.8 Å². The van der Waals surface area contributed by atoms with Gasteiger partial charge in [0.25, 0.3) is 0 Å². The number of aliphatic hydroxyl groups excluding tert-OH is 1. The summed E-state index contributed by atoms with van der Waals surface area (Å²) in [5.41, 5.74) is 2.71. The average Bonchev–Trinajstić information content (AvgIpc) is 2.37. The maximum atomic E-state index is 12.0. The number of amides is 2. The molecule has 5 nitrogen and oxygen atoms in total. The molecule has 2 rings (SSSR count). The first-order chi connectivity index (χ1) is 9.45. The molecule has 20 heavy (non-hydrogen) atoms. The minimum atomic E-state index is -0.619. The number of likely N-dealkylation sites (tertiary alicyclic amines) is 1. The molecule has 108 valence electrons. The fraction of sp³-hybridized carbons (Fsp3) is 0.467. The van der Waals surface area contributed by atoms with E-state index in [-0.39, 0.29) is 6.10 Å². The van der Waals surface area contributed by atoms with Gasteiger partial charge in [-0.05, 0) is 49.9 Å². The van der Waals surface area contributed by atoms with Gasteiger partial charge in [0.2, 0.25) is 0 Å². The van der Waals surface area contributed by atoms with Gasteiger partial charge in [-0.2, -0.15) is 0 Å². The van der Waals surface area contributed by atoms with Crippen molar-refractivity contribution >= 4 is 17.5 Å². The highest BCUT2D eigenvalue weighted by Gasteiger charge is 2.26. The Labute approximate surface area is 118 Å². The molecule has 0 unspecified atom stereocenters. The van der Waals surface area contributed by atoms with E-state index in [1.807, 2.05) is 32.0 Å². The molecule has 0 aliphatic carbocycles. The molecule has 2 N–H and O–H groups in total. The largest absolute Gasteiger partial charge is 0.393 e. The predicted molar refractivity (Wildman–Crippen MR) is 76.4 cm³/mol. The second kappa shape index (κ2) is 6.05. The minimum absolute atomic E-state index is 0.360. The lowest BCUT2D eigenvalue weighted by atomic mass is 10.1. The summed E-state index contributed by atoms with van der Waals surface area (Å²) in [6.07, 6.45) is 0.701. The number of carbonyl (C=O) groups excluding carboxylic acids is 2. The van der Waals surface area contributed by atoms with E-state index in [9.17, 15) is 14.7 Å². The number of aryl methyl sites for hydroxylation is 2. The number of nitrogens with zero attached hydrogens (tertiary/aromatic N) is 1. The Kier molecular flexibility index (Phi) is 4.39. The highest BCUT2D eigenvalue weighted by atomic mass is 16.3. The van der Waals surface area contributed by atoms with Crippen molar-refractivity contribution in [1.29, 1.82) is 0 Å². The molecule has 0 bridgehead atoms. The smallest absolute Gasteiger partial charge is 0.313 e. The summed E-state index contributed by atoms with van der Waals surface area (Å²) in [4.78, 5) is 25.5. The Morgan fingerprint density at radius 2 is 1.70 bits per heavy atom. The van der Waals surface area contributed by atoms with Crippen molar-refractivity contribution in [2.24, 2.45) is 0 Å². The first-order valence-electron chi connectivity index (χ1n) is 6.82. The molecule has 1 aromatic carbocycles. The number of piperidine rings is 1. The molecule has 2 amide bonds. The van der Waals surface area contributed by atoms with Gasteiger partial charge in [0.15, 0.2) is 0 Å². The van der Waals surface area contributed by atoms with Crippen molar-refractivity contribution in [3.8, 4) is 0 Å². The van der Waals surface area contributed by atoms with Gasteiger partial charge >= 0.3 is 11.8 Å². The number of nitrogens with one attached hydrogen (secondary N) is 1. The topological polar surface area (TPSA) is 69.6 Å². The maximum absolute atomic E-state index is 12.0. The zero-order chi connectivity index (χ0) is 14.7. The fourth-order valence-electron chi connectivity index (χ4n) is 2.44. The predicted octanol–water partition coefficient (Wildman–Crippen LogP) is 1.23. The summed E-state index contributed by atoms with van der Waals surface area (Å²) in [6, 6.07) is 5.67. The van der Waals surface area contributed by atoms with Gasteiger partial charge in [-0.1, -0.05) is 6.07 Å². The van der Waals surface area contributed by atoms with Crippen LogP contribution in [0.2, 0.25) is 0 Å². The van der Waals surface area contributed by atoms with Crippen LogP contribution in [0.5, 0.6) is 0 Å². The van der Waals surface area contributed by atoms with Crippen LogP contribution in [-0.2, 0) is 9.59 Å². The van der Waals surface area contributed by atoms with Crippen molar-refractivity contribution in [3.63, 3.8) is 0 Å². The van der Waals surface area contributed by atoms with E-state index >= 15 is 0 Å². The Bertz CT molecular complexity index is 500. The number of aliphatic hydroxyl groups is 1. The van der Waals surface area contributed by atoms with Gasteiger partial charge in [-0.3, -0.25) is 9.59 Å². The van der Waals surface area contributed by atoms with E-state index in [1.165, 1.54) is 4.90 Å². The van der Waals surface area contributed by atoms with Crippen molar-refractivity contribution in [2.45, 2.75) is 32.8 Å². The summed E-state index contributed by atoms with van der Waals surface area (Å²) < 4.78 is 0. The van der Waals surface area contributed by atoms with Crippen LogP contribution in [0.15, 0.2) is 18.2 Å². The lowest BCUT2D eigenvalue weighted by molar-refractivity contribution is -0.144. The highest BCUT2D eigenvalue weighted by molar-refractivity contribution is 6.39. The third-order valence-electron chi connectivity index (χ3n) is 3.43. The van der Waals surface area contributed by atoms with Crippen LogP contribution in [-0.4, -0.2) is 41.0 Å². The molecule has 1 saturated heterocycles. The molecule has 0 radical (unpaired) electrons. The Hall–Kier alpha value is -1.88. The molecule has 5 heteroatoms. The van der Waals surface area contributed by atoms with Gasteiger partial charge in [0.1, 0.15) is 0 Å². The zero-order valence-corrected chi connectivity index (χ0v) is 11.8. The number of benzene rings is 1. The first kappa shape index (κ1) is 14.5. The quantitative estimate of drug-likeness (QED) is 0.758. The second-order valence-corrected chi connectivity index (χ2v) is 5.35. The van der Waals surface area contributed by atoms with Crippen LogP contribution < -0.4 is 5.32 Å². The van der Waals surface area contributed by atoms with Gasteiger partial charge < -0.3 is 15.3 Å². The fourth-order valence-corrected chi connectivity index (χ4v) is 2.44. The number of hydrogen-bond acceptors (Lipinski definition) is 3. The molecule has 1 fully saturated rings. The van der Waals surface area contributed by atoms with Gasteiger partial charge in [0.05, 0.1) is 6.10 Å². The first-order valence-corrected chi connectivity index (χ1v) is 6.82. The Morgan fingerprint density at radius 1 is 1.15 bits per heavy atom. The Balaban J connectivity index is 1.99. The molecule has 0 atom stereocenters. The van der Waals surface area contributed by atoms with E-state index in [2.05, 4.69) is 5.32 Å². The third kappa shape index (κ3) is 3.57. The number of hydrogen-bond donors (Lipinski definition) is 2. The van der Waals surface area contributed by atoms with Gasteiger partial charge in [0, 0.05) is 18.8 Å². The lowest BCUT2D eigenvalue weighted by Gasteiger charge is -2.28. The standard InChI is InChI=1S/C15H20N2O3/c1-10-7-11(2)9-12(8-10)16-14(19)15(20)17-5-3-13(18)4-6-17/h7-9,13,18H,3-6H2,1-2H3,(H,16,19). The molecule has 0 spiro atoms. The van der Waals surface area contributed by atoms with E-state index in [4.69, 9.17) is 0 Å².